The van der Waals surface area contributed by atoms with Gasteiger partial charge in [-0.25, -0.2) is 4.79 Å². The number of benzene rings is 2. The largest absolute Gasteiger partial charge is 0.454 e. The van der Waals surface area contributed by atoms with Crippen molar-refractivity contribution in [3.63, 3.8) is 0 Å². The molecule has 0 radical (unpaired) electrons. The van der Waals surface area contributed by atoms with Crippen LogP contribution in [-0.4, -0.2) is 18.4 Å². The number of hydrogen-bond acceptors (Lipinski definition) is 3. The Morgan fingerprint density at radius 1 is 1.10 bits per heavy atom. The van der Waals surface area contributed by atoms with Crippen molar-refractivity contribution in [2.24, 2.45) is 0 Å². The molecule has 2 aromatic rings. The first-order chi connectivity index (χ1) is 9.99. The fourth-order valence-electron chi connectivity index (χ4n) is 1.93. The molecule has 0 fully saturated rings. The van der Waals surface area contributed by atoms with Crippen LogP contribution in [0.4, 0.5) is 0 Å². The van der Waals surface area contributed by atoms with Crippen LogP contribution in [0.1, 0.15) is 31.8 Å². The number of esters is 1. The Hall–Kier alpha value is -1.94. The minimum atomic E-state index is -0.473. The van der Waals surface area contributed by atoms with Crippen LogP contribution in [0.3, 0.4) is 0 Å². The van der Waals surface area contributed by atoms with Gasteiger partial charge < -0.3 is 4.74 Å². The lowest BCUT2D eigenvalue weighted by Gasteiger charge is -2.08. The second-order valence-electron chi connectivity index (χ2n) is 4.76. The van der Waals surface area contributed by atoms with E-state index >= 15 is 0 Å². The number of Topliss-reactive ketones (excluding diaryl/α,β-unsaturated/α-hetero) is 1. The first-order valence-electron chi connectivity index (χ1n) is 6.51. The van der Waals surface area contributed by atoms with E-state index in [1.807, 2.05) is 26.0 Å². The molecule has 21 heavy (non-hydrogen) atoms. The van der Waals surface area contributed by atoms with Crippen molar-refractivity contribution in [1.82, 2.24) is 0 Å². The van der Waals surface area contributed by atoms with E-state index in [1.165, 1.54) is 0 Å². The maximum atomic E-state index is 12.0. The molecular weight excluding hydrogens is 332 g/mol. The SMILES string of the molecule is Cc1cccc(C(=O)OCC(=O)c2cccc(Br)c2)c1C. The van der Waals surface area contributed by atoms with Crippen LogP contribution in [0.15, 0.2) is 46.9 Å². The van der Waals surface area contributed by atoms with E-state index in [2.05, 4.69) is 15.9 Å². The first-order valence-corrected chi connectivity index (χ1v) is 7.30. The van der Waals surface area contributed by atoms with Crippen molar-refractivity contribution in [1.29, 1.82) is 0 Å². The highest BCUT2D eigenvalue weighted by atomic mass is 79.9. The van der Waals surface area contributed by atoms with Gasteiger partial charge in [0.2, 0.25) is 0 Å². The molecule has 0 N–H and O–H groups in total. The molecule has 0 saturated carbocycles. The molecule has 0 unspecified atom stereocenters. The number of ketones is 1. The molecule has 0 aliphatic heterocycles. The van der Waals surface area contributed by atoms with Crippen LogP contribution >= 0.6 is 15.9 Å². The minimum Gasteiger partial charge on any atom is -0.454 e. The number of halogens is 1. The molecule has 2 rings (SSSR count). The normalized spacial score (nSPS) is 10.2. The number of rotatable bonds is 4. The van der Waals surface area contributed by atoms with Gasteiger partial charge in [0.25, 0.3) is 0 Å². The Bertz CT molecular complexity index is 692. The summed E-state index contributed by atoms with van der Waals surface area (Å²) in [4.78, 5) is 24.0. The fourth-order valence-corrected chi connectivity index (χ4v) is 2.33. The smallest absolute Gasteiger partial charge is 0.338 e. The van der Waals surface area contributed by atoms with Gasteiger partial charge in [0.15, 0.2) is 12.4 Å². The molecule has 0 heterocycles. The lowest BCUT2D eigenvalue weighted by atomic mass is 10.0. The van der Waals surface area contributed by atoms with Gasteiger partial charge in [0.1, 0.15) is 0 Å². The van der Waals surface area contributed by atoms with E-state index in [-0.39, 0.29) is 12.4 Å². The summed E-state index contributed by atoms with van der Waals surface area (Å²) in [7, 11) is 0. The zero-order valence-corrected chi connectivity index (χ0v) is 13.4. The Labute approximate surface area is 132 Å². The average molecular weight is 347 g/mol. The standard InChI is InChI=1S/C17H15BrO3/c1-11-5-3-8-15(12(11)2)17(20)21-10-16(19)13-6-4-7-14(18)9-13/h3-9H,10H2,1-2H3. The monoisotopic (exact) mass is 346 g/mol. The van der Waals surface area contributed by atoms with E-state index in [9.17, 15) is 9.59 Å². The molecule has 0 saturated heterocycles. The van der Waals surface area contributed by atoms with Gasteiger partial charge in [0, 0.05) is 10.0 Å². The van der Waals surface area contributed by atoms with Crippen molar-refractivity contribution >= 4 is 27.7 Å². The highest BCUT2D eigenvalue weighted by molar-refractivity contribution is 9.10. The zero-order chi connectivity index (χ0) is 15.4. The Kier molecular flexibility index (Phi) is 4.91. The van der Waals surface area contributed by atoms with Crippen LogP contribution in [-0.2, 0) is 4.74 Å². The average Bonchev–Trinajstić information content (AvgIpc) is 2.47. The summed E-state index contributed by atoms with van der Waals surface area (Å²) in [6.45, 7) is 3.53. The first kappa shape index (κ1) is 15.4. The van der Waals surface area contributed by atoms with Gasteiger partial charge in [-0.1, -0.05) is 40.2 Å². The zero-order valence-electron chi connectivity index (χ0n) is 11.9. The maximum Gasteiger partial charge on any atom is 0.338 e. The van der Waals surface area contributed by atoms with Crippen molar-refractivity contribution < 1.29 is 14.3 Å². The highest BCUT2D eigenvalue weighted by Gasteiger charge is 2.14. The molecule has 0 aliphatic rings. The number of aryl methyl sites for hydroxylation is 1. The molecule has 0 atom stereocenters. The van der Waals surface area contributed by atoms with Gasteiger partial charge in [-0.3, -0.25) is 4.79 Å². The van der Waals surface area contributed by atoms with E-state index in [0.29, 0.717) is 11.1 Å². The predicted octanol–water partition coefficient (Wildman–Crippen LogP) is 4.11. The lowest BCUT2D eigenvalue weighted by molar-refractivity contribution is 0.0474. The highest BCUT2D eigenvalue weighted by Crippen LogP contribution is 2.15. The second kappa shape index (κ2) is 6.68. The lowest BCUT2D eigenvalue weighted by Crippen LogP contribution is -2.15. The molecule has 0 aliphatic carbocycles. The molecular formula is C17H15BrO3. The summed E-state index contributed by atoms with van der Waals surface area (Å²) in [5.74, 6) is -0.700. The van der Waals surface area contributed by atoms with Gasteiger partial charge in [-0.05, 0) is 43.2 Å². The molecule has 108 valence electrons. The summed E-state index contributed by atoms with van der Waals surface area (Å²) in [5.41, 5.74) is 2.90. The van der Waals surface area contributed by atoms with Crippen LogP contribution < -0.4 is 0 Å². The molecule has 0 aromatic heterocycles. The topological polar surface area (TPSA) is 43.4 Å². The molecule has 0 bridgehead atoms. The number of carbonyl (C=O) groups is 2. The number of carbonyl (C=O) groups excluding carboxylic acids is 2. The Morgan fingerprint density at radius 3 is 2.52 bits per heavy atom. The van der Waals surface area contributed by atoms with E-state index in [0.717, 1.165) is 15.6 Å². The van der Waals surface area contributed by atoms with Gasteiger partial charge in [-0.2, -0.15) is 0 Å². The van der Waals surface area contributed by atoms with E-state index < -0.39 is 5.97 Å². The van der Waals surface area contributed by atoms with Gasteiger partial charge >= 0.3 is 5.97 Å². The van der Waals surface area contributed by atoms with Crippen LogP contribution in [0, 0.1) is 13.8 Å². The van der Waals surface area contributed by atoms with Crippen molar-refractivity contribution in [3.05, 3.63) is 69.2 Å². The molecule has 0 spiro atoms. The second-order valence-corrected chi connectivity index (χ2v) is 5.67. The number of ether oxygens (including phenoxy) is 1. The third-order valence-electron chi connectivity index (χ3n) is 3.31. The third-order valence-corrected chi connectivity index (χ3v) is 3.80. The minimum absolute atomic E-state index is 0.227. The van der Waals surface area contributed by atoms with E-state index in [4.69, 9.17) is 4.74 Å². The maximum absolute atomic E-state index is 12.0. The van der Waals surface area contributed by atoms with Crippen LogP contribution in [0.25, 0.3) is 0 Å². The molecule has 0 amide bonds. The Morgan fingerprint density at radius 2 is 1.81 bits per heavy atom. The fraction of sp³-hybridized carbons (Fsp3) is 0.176. The molecule has 2 aromatic carbocycles. The summed E-state index contributed by atoms with van der Waals surface area (Å²) < 4.78 is 5.93. The van der Waals surface area contributed by atoms with Crippen molar-refractivity contribution in [2.75, 3.05) is 6.61 Å². The molecule has 4 heteroatoms. The predicted molar refractivity (Wildman–Crippen MR) is 84.7 cm³/mol. The Balaban J connectivity index is 2.04. The van der Waals surface area contributed by atoms with Gasteiger partial charge in [0.05, 0.1) is 5.56 Å². The van der Waals surface area contributed by atoms with Gasteiger partial charge in [-0.15, -0.1) is 0 Å². The van der Waals surface area contributed by atoms with Crippen LogP contribution in [0.5, 0.6) is 0 Å². The summed E-state index contributed by atoms with van der Waals surface area (Å²) in [6, 6.07) is 12.4. The molecule has 3 nitrogen and oxygen atoms in total. The van der Waals surface area contributed by atoms with E-state index in [1.54, 1.807) is 30.3 Å². The summed E-state index contributed by atoms with van der Waals surface area (Å²) in [5, 5.41) is 0. The van der Waals surface area contributed by atoms with Crippen molar-refractivity contribution in [2.45, 2.75) is 13.8 Å². The summed E-state index contributed by atoms with van der Waals surface area (Å²) in [6.07, 6.45) is 0. The number of hydrogen-bond donors (Lipinski definition) is 0. The third kappa shape index (κ3) is 3.79. The quantitative estimate of drug-likeness (QED) is 0.618. The van der Waals surface area contributed by atoms with Crippen molar-refractivity contribution in [3.8, 4) is 0 Å². The summed E-state index contributed by atoms with van der Waals surface area (Å²) >= 11 is 3.30. The van der Waals surface area contributed by atoms with Crippen LogP contribution in [0.2, 0.25) is 0 Å².